The Kier molecular flexibility index (Phi) is 5.87. The molecule has 7 heteroatoms. The molecule has 0 saturated carbocycles. The minimum atomic E-state index is -1.20. The molecule has 7 nitrogen and oxygen atoms in total. The summed E-state index contributed by atoms with van der Waals surface area (Å²) < 4.78 is 5.42. The lowest BCUT2D eigenvalue weighted by atomic mass is 9.84. The Hall–Kier alpha value is -1.46. The van der Waals surface area contributed by atoms with Gasteiger partial charge < -0.3 is 14.7 Å². The van der Waals surface area contributed by atoms with Crippen molar-refractivity contribution in [1.29, 1.82) is 0 Å². The molecular weight excluding hydrogens is 272 g/mol. The monoisotopic (exact) mass is 298 g/mol. The Morgan fingerprint density at radius 2 is 2.14 bits per heavy atom. The summed E-state index contributed by atoms with van der Waals surface area (Å²) >= 11 is 0. The number of amides is 1. The second-order valence-corrected chi connectivity index (χ2v) is 6.53. The number of hydrogen-bond acceptors (Lipinski definition) is 4. The maximum atomic E-state index is 12.3. The Balaban J connectivity index is 2.94. The van der Waals surface area contributed by atoms with E-state index in [1.807, 2.05) is 27.7 Å². The first-order valence-electron chi connectivity index (χ1n) is 7.46. The highest BCUT2D eigenvalue weighted by atomic mass is 16.6. The molecule has 0 spiro atoms. The number of rotatable bonds is 4. The third kappa shape index (κ3) is 4.79. The molecule has 1 N–H and O–H groups in total. The molecule has 21 heavy (non-hydrogen) atoms. The van der Waals surface area contributed by atoms with E-state index in [1.165, 1.54) is 0 Å². The topological polar surface area (TPSA) is 98.5 Å². The minimum absolute atomic E-state index is 0.0377. The quantitative estimate of drug-likeness (QED) is 0.490. The van der Waals surface area contributed by atoms with Crippen LogP contribution in [0.25, 0.3) is 10.4 Å². The number of carbonyl (C=O) groups excluding carboxylic acids is 1. The van der Waals surface area contributed by atoms with Gasteiger partial charge in [-0.3, -0.25) is 0 Å². The molecule has 0 aromatic carbocycles. The molecule has 1 saturated heterocycles. The number of likely N-dealkylation sites (tertiary alicyclic amines) is 1. The van der Waals surface area contributed by atoms with Crippen LogP contribution in [-0.4, -0.2) is 46.4 Å². The van der Waals surface area contributed by atoms with Crippen molar-refractivity contribution in [2.75, 3.05) is 13.1 Å². The molecule has 2 atom stereocenters. The van der Waals surface area contributed by atoms with Gasteiger partial charge in [-0.2, -0.15) is 0 Å². The highest BCUT2D eigenvalue weighted by Gasteiger charge is 2.42. The molecule has 1 heterocycles. The summed E-state index contributed by atoms with van der Waals surface area (Å²) in [5.74, 6) is 0. The van der Waals surface area contributed by atoms with E-state index in [-0.39, 0.29) is 12.6 Å². The average Bonchev–Trinajstić information content (AvgIpc) is 2.43. The fourth-order valence-corrected chi connectivity index (χ4v) is 2.64. The van der Waals surface area contributed by atoms with E-state index in [2.05, 4.69) is 10.0 Å². The van der Waals surface area contributed by atoms with Crippen LogP contribution in [-0.2, 0) is 4.74 Å². The van der Waals surface area contributed by atoms with Crippen LogP contribution in [0.2, 0.25) is 0 Å². The second-order valence-electron chi connectivity index (χ2n) is 6.53. The number of hydrogen-bond donors (Lipinski definition) is 1. The largest absolute Gasteiger partial charge is 0.444 e. The summed E-state index contributed by atoms with van der Waals surface area (Å²) in [6.45, 7) is 7.79. The summed E-state index contributed by atoms with van der Waals surface area (Å²) in [7, 11) is 0. The Labute approximate surface area is 125 Å². The molecule has 0 aliphatic carbocycles. The third-order valence-corrected chi connectivity index (χ3v) is 3.77. The van der Waals surface area contributed by atoms with E-state index in [0.717, 1.165) is 12.8 Å². The second kappa shape index (κ2) is 7.00. The first kappa shape index (κ1) is 17.6. The SMILES string of the molecule is CC[C@@](O)(CN=[N+]=[N-])[C@@H]1CCCCN1C(=O)OC(C)(C)C. The fraction of sp³-hybridized carbons (Fsp3) is 0.929. The zero-order valence-electron chi connectivity index (χ0n) is 13.4. The Morgan fingerprint density at radius 1 is 1.48 bits per heavy atom. The van der Waals surface area contributed by atoms with Gasteiger partial charge in [-0.25, -0.2) is 4.79 Å². The number of ether oxygens (including phenoxy) is 1. The van der Waals surface area contributed by atoms with Crippen LogP contribution >= 0.6 is 0 Å². The number of azide groups is 1. The molecule has 1 amide bonds. The smallest absolute Gasteiger partial charge is 0.410 e. The van der Waals surface area contributed by atoms with Crippen LogP contribution in [0.5, 0.6) is 0 Å². The highest BCUT2D eigenvalue weighted by Crippen LogP contribution is 2.30. The van der Waals surface area contributed by atoms with Gasteiger partial charge in [-0.05, 0) is 52.0 Å². The molecule has 0 aromatic heterocycles. The standard InChI is InChI=1S/C14H26N4O3/c1-5-14(20,10-16-17-15)11-8-6-7-9-18(11)12(19)21-13(2,3)4/h11,20H,5-10H2,1-4H3/t11-,14+/m0/s1. The van der Waals surface area contributed by atoms with Crippen molar-refractivity contribution in [3.8, 4) is 0 Å². The van der Waals surface area contributed by atoms with Gasteiger partial charge in [-0.15, -0.1) is 0 Å². The number of nitrogens with zero attached hydrogens (tertiary/aromatic N) is 4. The molecule has 1 rings (SSSR count). The van der Waals surface area contributed by atoms with E-state index < -0.39 is 17.3 Å². The lowest BCUT2D eigenvalue weighted by Gasteiger charge is -2.44. The molecule has 0 aromatic rings. The van der Waals surface area contributed by atoms with Crippen molar-refractivity contribution in [2.24, 2.45) is 5.11 Å². The first-order valence-corrected chi connectivity index (χ1v) is 7.46. The van der Waals surface area contributed by atoms with E-state index in [9.17, 15) is 9.90 Å². The fourth-order valence-electron chi connectivity index (χ4n) is 2.64. The van der Waals surface area contributed by atoms with Crippen molar-refractivity contribution >= 4 is 6.09 Å². The summed E-state index contributed by atoms with van der Waals surface area (Å²) in [5.41, 5.74) is 6.71. The van der Waals surface area contributed by atoms with Gasteiger partial charge in [0.1, 0.15) is 5.60 Å². The lowest BCUT2D eigenvalue weighted by molar-refractivity contribution is -0.0653. The van der Waals surface area contributed by atoms with Gasteiger partial charge in [0.15, 0.2) is 0 Å². The third-order valence-electron chi connectivity index (χ3n) is 3.77. The molecule has 1 fully saturated rings. The van der Waals surface area contributed by atoms with Gasteiger partial charge in [-0.1, -0.05) is 12.0 Å². The molecule has 1 aliphatic rings. The zero-order valence-corrected chi connectivity index (χ0v) is 13.4. The normalized spacial score (nSPS) is 22.1. The number of piperidine rings is 1. The Bertz CT molecular complexity index is 415. The van der Waals surface area contributed by atoms with Crippen LogP contribution in [0.3, 0.4) is 0 Å². The van der Waals surface area contributed by atoms with Crippen LogP contribution < -0.4 is 0 Å². The number of carbonyl (C=O) groups is 1. The van der Waals surface area contributed by atoms with Crippen molar-refractivity contribution in [2.45, 2.75) is 70.6 Å². The van der Waals surface area contributed by atoms with E-state index in [4.69, 9.17) is 10.3 Å². The van der Waals surface area contributed by atoms with Gasteiger partial charge in [0.25, 0.3) is 0 Å². The van der Waals surface area contributed by atoms with Crippen LogP contribution in [0.1, 0.15) is 53.4 Å². The maximum absolute atomic E-state index is 12.3. The zero-order chi connectivity index (χ0) is 16.1. The highest BCUT2D eigenvalue weighted by molar-refractivity contribution is 5.69. The molecule has 1 aliphatic heterocycles. The average molecular weight is 298 g/mol. The van der Waals surface area contributed by atoms with E-state index in [1.54, 1.807) is 4.90 Å². The van der Waals surface area contributed by atoms with Crippen molar-refractivity contribution in [3.63, 3.8) is 0 Å². The van der Waals surface area contributed by atoms with E-state index >= 15 is 0 Å². The molecular formula is C14H26N4O3. The van der Waals surface area contributed by atoms with Gasteiger partial charge in [0.05, 0.1) is 18.2 Å². The molecule has 0 unspecified atom stereocenters. The molecule has 0 bridgehead atoms. The van der Waals surface area contributed by atoms with Gasteiger partial charge >= 0.3 is 6.09 Å². The van der Waals surface area contributed by atoms with Gasteiger partial charge in [0.2, 0.25) is 0 Å². The summed E-state index contributed by atoms with van der Waals surface area (Å²) in [6, 6.07) is -0.378. The lowest BCUT2D eigenvalue weighted by Crippen LogP contribution is -2.58. The van der Waals surface area contributed by atoms with Crippen LogP contribution in [0, 0.1) is 0 Å². The number of aliphatic hydroxyl groups is 1. The Morgan fingerprint density at radius 3 is 2.67 bits per heavy atom. The van der Waals surface area contributed by atoms with E-state index in [0.29, 0.717) is 19.4 Å². The maximum Gasteiger partial charge on any atom is 0.410 e. The van der Waals surface area contributed by atoms with Crippen LogP contribution in [0.15, 0.2) is 5.11 Å². The molecule has 0 radical (unpaired) electrons. The summed E-state index contributed by atoms with van der Waals surface area (Å²) in [4.78, 5) is 16.7. The first-order chi connectivity index (χ1) is 9.73. The summed E-state index contributed by atoms with van der Waals surface area (Å²) in [6.07, 6.45) is 2.50. The van der Waals surface area contributed by atoms with Crippen LogP contribution in [0.4, 0.5) is 4.79 Å². The minimum Gasteiger partial charge on any atom is -0.444 e. The van der Waals surface area contributed by atoms with Crippen molar-refractivity contribution in [1.82, 2.24) is 4.90 Å². The summed E-state index contributed by atoms with van der Waals surface area (Å²) in [5, 5.41) is 14.3. The molecule has 120 valence electrons. The van der Waals surface area contributed by atoms with Gasteiger partial charge in [0, 0.05) is 11.5 Å². The predicted molar refractivity (Wildman–Crippen MR) is 79.8 cm³/mol. The van der Waals surface area contributed by atoms with Crippen molar-refractivity contribution in [3.05, 3.63) is 10.4 Å². The van der Waals surface area contributed by atoms with Crippen molar-refractivity contribution < 1.29 is 14.6 Å². The predicted octanol–water partition coefficient (Wildman–Crippen LogP) is 3.23.